The average Bonchev–Trinajstić information content (AvgIpc) is 2.93. The van der Waals surface area contributed by atoms with Gasteiger partial charge in [0.1, 0.15) is 5.75 Å². The number of phenols is 1. The molecule has 2 amide bonds. The van der Waals surface area contributed by atoms with Gasteiger partial charge in [0.05, 0.1) is 10.6 Å². The molecule has 5 nitrogen and oxygen atoms in total. The van der Waals surface area contributed by atoms with Crippen LogP contribution in [-0.2, 0) is 10.2 Å². The molecule has 0 saturated carbocycles. The predicted molar refractivity (Wildman–Crippen MR) is 104 cm³/mol. The van der Waals surface area contributed by atoms with Crippen LogP contribution in [0.1, 0.15) is 38.3 Å². The third kappa shape index (κ3) is 3.65. The van der Waals surface area contributed by atoms with Crippen molar-refractivity contribution in [2.24, 2.45) is 0 Å². The fraction of sp³-hybridized carbons (Fsp3) is 0.250. The fourth-order valence-electron chi connectivity index (χ4n) is 2.66. The van der Waals surface area contributed by atoms with Crippen molar-refractivity contribution >= 4 is 29.0 Å². The first-order valence-electron chi connectivity index (χ1n) is 8.35. The minimum Gasteiger partial charge on any atom is -0.508 e. The first-order chi connectivity index (χ1) is 12.3. The number of amides is 2. The Labute approximate surface area is 156 Å². The SMILES string of the molecule is CCC(C)(C)c1cc(-c2ccc(/C=C3\SC(=O)NC3=O)cn2)ccc1O. The maximum absolute atomic E-state index is 11.6. The Morgan fingerprint density at radius 1 is 1.23 bits per heavy atom. The van der Waals surface area contributed by atoms with Crippen molar-refractivity contribution < 1.29 is 14.7 Å². The monoisotopic (exact) mass is 368 g/mol. The van der Waals surface area contributed by atoms with E-state index < -0.39 is 0 Å². The van der Waals surface area contributed by atoms with Crippen LogP contribution >= 0.6 is 11.8 Å². The lowest BCUT2D eigenvalue weighted by molar-refractivity contribution is -0.115. The van der Waals surface area contributed by atoms with Gasteiger partial charge in [0.25, 0.3) is 11.1 Å². The summed E-state index contributed by atoms with van der Waals surface area (Å²) in [4.78, 5) is 27.6. The molecule has 2 heterocycles. The molecular formula is C20H20N2O3S. The molecule has 0 bridgehead atoms. The number of nitrogens with zero attached hydrogens (tertiary/aromatic N) is 1. The molecule has 1 aromatic carbocycles. The van der Waals surface area contributed by atoms with Gasteiger partial charge in [-0.3, -0.25) is 19.9 Å². The first-order valence-corrected chi connectivity index (χ1v) is 9.16. The van der Waals surface area contributed by atoms with Crippen LogP contribution in [-0.4, -0.2) is 21.2 Å². The molecule has 1 aliphatic rings. The zero-order valence-electron chi connectivity index (χ0n) is 14.9. The number of imide groups is 1. The van der Waals surface area contributed by atoms with Crippen molar-refractivity contribution in [3.63, 3.8) is 0 Å². The number of aromatic nitrogens is 1. The van der Waals surface area contributed by atoms with Gasteiger partial charge in [-0.2, -0.15) is 0 Å². The lowest BCUT2D eigenvalue weighted by atomic mass is 9.81. The summed E-state index contributed by atoms with van der Waals surface area (Å²) in [7, 11) is 0. The molecule has 2 N–H and O–H groups in total. The molecule has 3 rings (SSSR count). The van der Waals surface area contributed by atoms with E-state index >= 15 is 0 Å². The van der Waals surface area contributed by atoms with Crippen molar-refractivity contribution in [1.82, 2.24) is 10.3 Å². The Kier molecular flexibility index (Phi) is 4.87. The first kappa shape index (κ1) is 18.2. The fourth-order valence-corrected chi connectivity index (χ4v) is 3.34. The number of hydrogen-bond acceptors (Lipinski definition) is 5. The number of rotatable bonds is 4. The second kappa shape index (κ2) is 6.96. The van der Waals surface area contributed by atoms with E-state index in [4.69, 9.17) is 0 Å². The summed E-state index contributed by atoms with van der Waals surface area (Å²) < 4.78 is 0. The number of pyridine rings is 1. The molecule has 0 atom stereocenters. The summed E-state index contributed by atoms with van der Waals surface area (Å²) in [5, 5.41) is 12.1. The normalized spacial score (nSPS) is 16.2. The number of aromatic hydroxyl groups is 1. The van der Waals surface area contributed by atoms with E-state index in [-0.39, 0.29) is 22.3 Å². The largest absolute Gasteiger partial charge is 0.508 e. The number of nitrogens with one attached hydrogen (secondary N) is 1. The van der Waals surface area contributed by atoms with Gasteiger partial charge >= 0.3 is 0 Å². The molecule has 0 aliphatic carbocycles. The minimum atomic E-state index is -0.381. The Bertz CT molecular complexity index is 902. The van der Waals surface area contributed by atoms with Gasteiger partial charge in [0.2, 0.25) is 0 Å². The predicted octanol–water partition coefficient (Wildman–Crippen LogP) is 4.47. The Hall–Kier alpha value is -2.60. The average molecular weight is 368 g/mol. The molecule has 1 aromatic heterocycles. The summed E-state index contributed by atoms with van der Waals surface area (Å²) in [5.41, 5.74) is 3.20. The van der Waals surface area contributed by atoms with Gasteiger partial charge in [-0.15, -0.1) is 0 Å². The molecule has 6 heteroatoms. The van der Waals surface area contributed by atoms with Crippen molar-refractivity contribution in [3.05, 3.63) is 52.6 Å². The van der Waals surface area contributed by atoms with E-state index in [0.29, 0.717) is 4.91 Å². The Morgan fingerprint density at radius 2 is 2.00 bits per heavy atom. The van der Waals surface area contributed by atoms with Crippen molar-refractivity contribution in [2.75, 3.05) is 0 Å². The van der Waals surface area contributed by atoms with E-state index in [1.54, 1.807) is 18.3 Å². The van der Waals surface area contributed by atoms with Crippen LogP contribution in [0.25, 0.3) is 17.3 Å². The Balaban J connectivity index is 1.90. The van der Waals surface area contributed by atoms with Crippen LogP contribution in [0.4, 0.5) is 4.79 Å². The highest BCUT2D eigenvalue weighted by Crippen LogP contribution is 2.36. The highest BCUT2D eigenvalue weighted by Gasteiger charge is 2.25. The molecule has 0 unspecified atom stereocenters. The number of benzene rings is 1. The van der Waals surface area contributed by atoms with Gasteiger partial charge < -0.3 is 5.11 Å². The van der Waals surface area contributed by atoms with E-state index in [1.165, 1.54) is 0 Å². The summed E-state index contributed by atoms with van der Waals surface area (Å²) in [6.07, 6.45) is 4.21. The number of carbonyl (C=O) groups is 2. The van der Waals surface area contributed by atoms with Crippen LogP contribution in [0.15, 0.2) is 41.4 Å². The molecule has 1 aliphatic heterocycles. The smallest absolute Gasteiger partial charge is 0.290 e. The van der Waals surface area contributed by atoms with Gasteiger partial charge in [0, 0.05) is 17.3 Å². The van der Waals surface area contributed by atoms with Gasteiger partial charge in [-0.1, -0.05) is 26.8 Å². The summed E-state index contributed by atoms with van der Waals surface area (Å²) in [6.45, 7) is 6.29. The molecule has 0 spiro atoms. The molecule has 26 heavy (non-hydrogen) atoms. The number of hydrogen-bond donors (Lipinski definition) is 2. The van der Waals surface area contributed by atoms with E-state index in [0.717, 1.165) is 40.6 Å². The van der Waals surface area contributed by atoms with Crippen LogP contribution in [0, 0.1) is 0 Å². The van der Waals surface area contributed by atoms with Crippen LogP contribution in [0.2, 0.25) is 0 Å². The molecule has 1 saturated heterocycles. The van der Waals surface area contributed by atoms with Gasteiger partial charge in [-0.05, 0) is 59.5 Å². The van der Waals surface area contributed by atoms with E-state index in [1.807, 2.05) is 24.3 Å². The van der Waals surface area contributed by atoms with Crippen molar-refractivity contribution in [3.8, 4) is 17.0 Å². The third-order valence-corrected chi connectivity index (χ3v) is 5.44. The molecule has 0 radical (unpaired) electrons. The minimum absolute atomic E-state index is 0.135. The third-order valence-electron chi connectivity index (χ3n) is 4.63. The van der Waals surface area contributed by atoms with Crippen LogP contribution in [0.5, 0.6) is 5.75 Å². The molecule has 134 valence electrons. The second-order valence-corrected chi connectivity index (χ2v) is 7.81. The van der Waals surface area contributed by atoms with Crippen molar-refractivity contribution in [2.45, 2.75) is 32.6 Å². The lowest BCUT2D eigenvalue weighted by Gasteiger charge is -2.25. The maximum atomic E-state index is 11.6. The molecule has 1 fully saturated rings. The standard InChI is InChI=1S/C20H20N2O3S/c1-4-20(2,3)14-10-13(6-8-16(14)23)15-7-5-12(11-21-15)9-17-18(24)22-19(25)26-17/h5-11,23H,4H2,1-3H3,(H,22,24,25)/b17-9-. The second-order valence-electron chi connectivity index (χ2n) is 6.80. The molecule has 2 aromatic rings. The van der Waals surface area contributed by atoms with Crippen LogP contribution < -0.4 is 5.32 Å². The quantitative estimate of drug-likeness (QED) is 0.779. The van der Waals surface area contributed by atoms with Gasteiger partial charge in [-0.25, -0.2) is 0 Å². The van der Waals surface area contributed by atoms with Crippen LogP contribution in [0.3, 0.4) is 0 Å². The van der Waals surface area contributed by atoms with Crippen molar-refractivity contribution in [1.29, 1.82) is 0 Å². The Morgan fingerprint density at radius 3 is 2.58 bits per heavy atom. The topological polar surface area (TPSA) is 79.3 Å². The highest BCUT2D eigenvalue weighted by atomic mass is 32.2. The van der Waals surface area contributed by atoms with Gasteiger partial charge in [0.15, 0.2) is 0 Å². The number of phenolic OH excluding ortho intramolecular Hbond substituents is 1. The number of thioether (sulfide) groups is 1. The maximum Gasteiger partial charge on any atom is 0.290 e. The highest BCUT2D eigenvalue weighted by molar-refractivity contribution is 8.18. The molecular weight excluding hydrogens is 348 g/mol. The number of carbonyl (C=O) groups excluding carboxylic acids is 2. The summed E-state index contributed by atoms with van der Waals surface area (Å²) in [5.74, 6) is -0.0926. The van der Waals surface area contributed by atoms with E-state index in [9.17, 15) is 14.7 Å². The lowest BCUT2D eigenvalue weighted by Crippen LogP contribution is -2.17. The summed E-state index contributed by atoms with van der Waals surface area (Å²) in [6, 6.07) is 9.22. The summed E-state index contributed by atoms with van der Waals surface area (Å²) >= 11 is 0.884. The zero-order chi connectivity index (χ0) is 18.9. The zero-order valence-corrected chi connectivity index (χ0v) is 15.7. The van der Waals surface area contributed by atoms with E-state index in [2.05, 4.69) is 31.1 Å².